The molecule has 1 aromatic rings. The minimum absolute atomic E-state index is 0.0966. The molecule has 0 amide bonds. The van der Waals surface area contributed by atoms with Crippen LogP contribution in [0.3, 0.4) is 0 Å². The largest absolute Gasteiger partial charge is 0.508 e. The van der Waals surface area contributed by atoms with E-state index in [-0.39, 0.29) is 5.75 Å². The van der Waals surface area contributed by atoms with Crippen molar-refractivity contribution in [1.29, 1.82) is 0 Å². The fraction of sp³-hybridized carbons (Fsp3) is 0.500. The zero-order valence-electron chi connectivity index (χ0n) is 10.0. The Labute approximate surface area is 109 Å². The van der Waals surface area contributed by atoms with Crippen molar-refractivity contribution in [1.82, 2.24) is 0 Å². The molecule has 0 bridgehead atoms. The van der Waals surface area contributed by atoms with Gasteiger partial charge in [0.2, 0.25) is 0 Å². The number of ether oxygens (including phenoxy) is 1. The minimum Gasteiger partial charge on any atom is -0.508 e. The zero-order valence-corrected chi connectivity index (χ0v) is 10.0. The van der Waals surface area contributed by atoms with Crippen LogP contribution in [0.15, 0.2) is 24.3 Å². The van der Waals surface area contributed by atoms with Crippen LogP contribution in [0.25, 0.3) is 0 Å². The van der Waals surface area contributed by atoms with Gasteiger partial charge in [0, 0.05) is 5.69 Å². The van der Waals surface area contributed by atoms with Crippen molar-refractivity contribution in [2.45, 2.75) is 30.6 Å². The van der Waals surface area contributed by atoms with Crippen LogP contribution in [0.1, 0.15) is 0 Å². The van der Waals surface area contributed by atoms with Gasteiger partial charge in [-0.3, -0.25) is 0 Å². The summed E-state index contributed by atoms with van der Waals surface area (Å²) < 4.78 is 5.28. The van der Waals surface area contributed by atoms with Gasteiger partial charge in [0.1, 0.15) is 30.2 Å². The first-order chi connectivity index (χ1) is 9.02. The molecule has 1 aliphatic rings. The summed E-state index contributed by atoms with van der Waals surface area (Å²) in [5, 5.41) is 50.1. The highest BCUT2D eigenvalue weighted by atomic mass is 16.6. The lowest BCUT2D eigenvalue weighted by molar-refractivity contribution is -0.221. The van der Waals surface area contributed by atoms with E-state index < -0.39 is 37.3 Å². The van der Waals surface area contributed by atoms with Crippen LogP contribution in [0.5, 0.6) is 5.75 Å². The maximum atomic E-state index is 9.81. The van der Waals surface area contributed by atoms with Gasteiger partial charge in [0.05, 0.1) is 6.61 Å². The van der Waals surface area contributed by atoms with Gasteiger partial charge in [-0.05, 0) is 24.3 Å². The van der Waals surface area contributed by atoms with Crippen molar-refractivity contribution in [3.63, 3.8) is 0 Å². The van der Waals surface area contributed by atoms with E-state index in [2.05, 4.69) is 5.32 Å². The summed E-state index contributed by atoms with van der Waals surface area (Å²) in [4.78, 5) is 0. The van der Waals surface area contributed by atoms with Crippen LogP contribution in [0.4, 0.5) is 5.69 Å². The molecule has 1 saturated heterocycles. The first kappa shape index (κ1) is 14.0. The molecule has 5 atom stereocenters. The van der Waals surface area contributed by atoms with Crippen molar-refractivity contribution in [3.8, 4) is 5.75 Å². The number of aliphatic hydroxyl groups excluding tert-OH is 4. The molecular formula is C12H17NO6. The molecule has 0 radical (unpaired) electrons. The molecule has 0 aromatic heterocycles. The van der Waals surface area contributed by atoms with Gasteiger partial charge in [0.15, 0.2) is 6.23 Å². The van der Waals surface area contributed by atoms with Gasteiger partial charge in [-0.15, -0.1) is 0 Å². The SMILES string of the molecule is OC[C@H]1O[C@@H](Nc2ccc(O)cc2)[C@@H](O)[C@@H](O)[C@@H]1O. The van der Waals surface area contributed by atoms with E-state index in [9.17, 15) is 15.3 Å². The van der Waals surface area contributed by atoms with E-state index in [4.69, 9.17) is 14.9 Å². The lowest BCUT2D eigenvalue weighted by Gasteiger charge is -2.40. The van der Waals surface area contributed by atoms with Crippen LogP contribution >= 0.6 is 0 Å². The Bertz CT molecular complexity index is 409. The van der Waals surface area contributed by atoms with Crippen molar-refractivity contribution < 1.29 is 30.3 Å². The molecule has 7 nitrogen and oxygen atoms in total. The quantitative estimate of drug-likeness (QED) is 0.374. The summed E-state index contributed by atoms with van der Waals surface area (Å²) in [5.74, 6) is 0.0966. The summed E-state index contributed by atoms with van der Waals surface area (Å²) in [6, 6.07) is 6.03. The van der Waals surface area contributed by atoms with Gasteiger partial charge in [-0.25, -0.2) is 0 Å². The number of benzene rings is 1. The van der Waals surface area contributed by atoms with Gasteiger partial charge in [-0.2, -0.15) is 0 Å². The molecule has 106 valence electrons. The first-order valence-electron chi connectivity index (χ1n) is 5.89. The summed E-state index contributed by atoms with van der Waals surface area (Å²) in [6.07, 6.45) is -6.06. The lowest BCUT2D eigenvalue weighted by Crippen LogP contribution is -2.60. The number of hydrogen-bond acceptors (Lipinski definition) is 7. The Hall–Kier alpha value is -1.38. The van der Waals surface area contributed by atoms with Crippen LogP contribution in [-0.2, 0) is 4.74 Å². The number of hydrogen-bond donors (Lipinski definition) is 6. The number of phenols is 1. The summed E-state index contributed by atoms with van der Waals surface area (Å²) in [5.41, 5.74) is 0.558. The summed E-state index contributed by atoms with van der Waals surface area (Å²) in [7, 11) is 0. The molecule has 1 aliphatic heterocycles. The highest BCUT2D eigenvalue weighted by Crippen LogP contribution is 2.23. The van der Waals surface area contributed by atoms with Crippen LogP contribution in [0.2, 0.25) is 0 Å². The van der Waals surface area contributed by atoms with E-state index in [0.717, 1.165) is 0 Å². The fourth-order valence-corrected chi connectivity index (χ4v) is 1.94. The third kappa shape index (κ3) is 2.96. The Balaban J connectivity index is 2.08. The van der Waals surface area contributed by atoms with E-state index in [1.807, 2.05) is 0 Å². The third-order valence-electron chi connectivity index (χ3n) is 3.07. The molecule has 0 aliphatic carbocycles. The third-order valence-corrected chi connectivity index (χ3v) is 3.07. The maximum absolute atomic E-state index is 9.81. The van der Waals surface area contributed by atoms with Gasteiger partial charge in [-0.1, -0.05) is 0 Å². The minimum atomic E-state index is -1.42. The monoisotopic (exact) mass is 271 g/mol. The molecule has 0 unspecified atom stereocenters. The van der Waals surface area contributed by atoms with E-state index in [0.29, 0.717) is 5.69 Å². The lowest BCUT2D eigenvalue weighted by atomic mass is 9.98. The van der Waals surface area contributed by atoms with Crippen molar-refractivity contribution in [2.75, 3.05) is 11.9 Å². The average molecular weight is 271 g/mol. The standard InChI is InChI=1S/C12H17NO6/c14-5-8-9(16)10(17)11(18)12(19-8)13-6-1-3-7(15)4-2-6/h1-4,8-18H,5H2/t8-,9-,10+,11+,12-/m1/s1. The molecular weight excluding hydrogens is 254 g/mol. The topological polar surface area (TPSA) is 122 Å². The molecule has 7 heteroatoms. The van der Waals surface area contributed by atoms with Gasteiger partial charge < -0.3 is 35.6 Å². The van der Waals surface area contributed by atoms with Gasteiger partial charge >= 0.3 is 0 Å². The molecule has 0 spiro atoms. The van der Waals surface area contributed by atoms with Crippen LogP contribution < -0.4 is 5.32 Å². The number of anilines is 1. The predicted octanol–water partition coefficient (Wildman–Crippen LogP) is -1.40. The van der Waals surface area contributed by atoms with Crippen molar-refractivity contribution >= 4 is 5.69 Å². The first-order valence-corrected chi connectivity index (χ1v) is 5.89. The molecule has 2 rings (SSSR count). The Morgan fingerprint density at radius 1 is 1.00 bits per heavy atom. The predicted molar refractivity (Wildman–Crippen MR) is 65.5 cm³/mol. The second-order valence-corrected chi connectivity index (χ2v) is 4.44. The number of aromatic hydroxyl groups is 1. The zero-order chi connectivity index (χ0) is 14.0. The normalized spacial score (nSPS) is 35.1. The number of nitrogens with one attached hydrogen (secondary N) is 1. The number of aliphatic hydroxyl groups is 4. The fourth-order valence-electron chi connectivity index (χ4n) is 1.94. The molecule has 0 saturated carbocycles. The Kier molecular flexibility index (Phi) is 4.23. The molecule has 6 N–H and O–H groups in total. The maximum Gasteiger partial charge on any atom is 0.157 e. The molecule has 1 aromatic carbocycles. The number of rotatable bonds is 3. The Morgan fingerprint density at radius 2 is 1.63 bits per heavy atom. The Morgan fingerprint density at radius 3 is 2.21 bits per heavy atom. The summed E-state index contributed by atoms with van der Waals surface area (Å²) >= 11 is 0. The molecule has 19 heavy (non-hydrogen) atoms. The second-order valence-electron chi connectivity index (χ2n) is 4.44. The van der Waals surface area contributed by atoms with E-state index in [1.165, 1.54) is 12.1 Å². The van der Waals surface area contributed by atoms with Crippen molar-refractivity contribution in [2.24, 2.45) is 0 Å². The highest BCUT2D eigenvalue weighted by molar-refractivity contribution is 5.46. The van der Waals surface area contributed by atoms with E-state index >= 15 is 0 Å². The average Bonchev–Trinajstić information content (AvgIpc) is 2.42. The molecule has 1 fully saturated rings. The smallest absolute Gasteiger partial charge is 0.157 e. The van der Waals surface area contributed by atoms with E-state index in [1.54, 1.807) is 12.1 Å². The van der Waals surface area contributed by atoms with Crippen LogP contribution in [0, 0.1) is 0 Å². The van der Waals surface area contributed by atoms with Gasteiger partial charge in [0.25, 0.3) is 0 Å². The highest BCUT2D eigenvalue weighted by Gasteiger charge is 2.43. The molecule has 1 heterocycles. The van der Waals surface area contributed by atoms with Crippen LogP contribution in [-0.4, -0.2) is 62.8 Å². The number of phenolic OH excluding ortho intramolecular Hbond substituents is 1. The van der Waals surface area contributed by atoms with Crippen molar-refractivity contribution in [3.05, 3.63) is 24.3 Å². The second kappa shape index (κ2) is 5.72. The summed E-state index contributed by atoms with van der Waals surface area (Å²) in [6.45, 7) is -0.474.